The molecule has 0 aliphatic heterocycles. The van der Waals surface area contributed by atoms with Crippen LogP contribution in [0.15, 0.2) is 16.7 Å². The predicted molar refractivity (Wildman–Crippen MR) is 71.2 cm³/mol. The summed E-state index contributed by atoms with van der Waals surface area (Å²) in [5.74, 6) is -0.278. The van der Waals surface area contributed by atoms with Crippen LogP contribution in [-0.2, 0) is 0 Å². The van der Waals surface area contributed by atoms with Gasteiger partial charge in [0.15, 0.2) is 11.3 Å². The Morgan fingerprint density at radius 2 is 2.11 bits per heavy atom. The van der Waals surface area contributed by atoms with Gasteiger partial charge in [0.05, 0.1) is 0 Å². The molecule has 0 atom stereocenters. The molecule has 2 aromatic rings. The van der Waals surface area contributed by atoms with Crippen molar-refractivity contribution in [1.29, 1.82) is 0 Å². The molecule has 1 N–H and O–H groups in total. The van der Waals surface area contributed by atoms with Crippen molar-refractivity contribution in [3.8, 4) is 0 Å². The van der Waals surface area contributed by atoms with Gasteiger partial charge in [0.25, 0.3) is 0 Å². The maximum Gasteiger partial charge on any atom is 0.357 e. The number of rotatable bonds is 4. The SMILES string of the molecule is CCN(CC)c1ccc2nc(C(=O)O)c(Br)n2n1. The van der Waals surface area contributed by atoms with Crippen LogP contribution >= 0.6 is 15.9 Å². The van der Waals surface area contributed by atoms with E-state index in [1.54, 1.807) is 6.07 Å². The van der Waals surface area contributed by atoms with E-state index < -0.39 is 5.97 Å². The first-order valence-corrected chi connectivity index (χ1v) is 6.41. The lowest BCUT2D eigenvalue weighted by Crippen LogP contribution is -2.23. The summed E-state index contributed by atoms with van der Waals surface area (Å²) in [5.41, 5.74) is 0.481. The summed E-state index contributed by atoms with van der Waals surface area (Å²) in [6.07, 6.45) is 0. The van der Waals surface area contributed by atoms with E-state index in [0.29, 0.717) is 10.3 Å². The molecule has 6 nitrogen and oxygen atoms in total. The summed E-state index contributed by atoms with van der Waals surface area (Å²) in [4.78, 5) is 17.1. The molecule has 0 amide bonds. The number of carboxylic acid groups (broad SMARTS) is 1. The number of carboxylic acids is 1. The highest BCUT2D eigenvalue weighted by Crippen LogP contribution is 2.20. The Kier molecular flexibility index (Phi) is 3.51. The molecule has 0 radical (unpaired) electrons. The summed E-state index contributed by atoms with van der Waals surface area (Å²) in [5, 5.41) is 13.4. The summed E-state index contributed by atoms with van der Waals surface area (Å²) in [7, 11) is 0. The van der Waals surface area contributed by atoms with Crippen molar-refractivity contribution in [2.75, 3.05) is 18.0 Å². The van der Waals surface area contributed by atoms with E-state index in [1.807, 2.05) is 19.9 Å². The van der Waals surface area contributed by atoms with E-state index in [-0.39, 0.29) is 5.69 Å². The average molecular weight is 313 g/mol. The molecule has 96 valence electrons. The molecule has 0 aromatic carbocycles. The molecule has 2 heterocycles. The average Bonchev–Trinajstić information content (AvgIpc) is 2.69. The number of anilines is 1. The number of fused-ring (bicyclic) bond motifs is 1. The minimum absolute atomic E-state index is 0.0285. The van der Waals surface area contributed by atoms with Crippen LogP contribution in [0.3, 0.4) is 0 Å². The van der Waals surface area contributed by atoms with Gasteiger partial charge in [-0.25, -0.2) is 14.3 Å². The largest absolute Gasteiger partial charge is 0.476 e. The van der Waals surface area contributed by atoms with Gasteiger partial charge in [-0.2, -0.15) is 0 Å². The second-order valence-electron chi connectivity index (χ2n) is 3.69. The molecular weight excluding hydrogens is 300 g/mol. The lowest BCUT2D eigenvalue weighted by atomic mass is 10.4. The molecule has 18 heavy (non-hydrogen) atoms. The Labute approximate surface area is 112 Å². The predicted octanol–water partition coefficient (Wildman–Crippen LogP) is 2.04. The fourth-order valence-electron chi connectivity index (χ4n) is 1.75. The highest BCUT2D eigenvalue weighted by atomic mass is 79.9. The van der Waals surface area contributed by atoms with Crippen molar-refractivity contribution in [1.82, 2.24) is 14.6 Å². The zero-order valence-corrected chi connectivity index (χ0v) is 11.7. The van der Waals surface area contributed by atoms with Gasteiger partial charge in [-0.3, -0.25) is 0 Å². The van der Waals surface area contributed by atoms with Crippen LogP contribution in [-0.4, -0.2) is 38.8 Å². The third-order valence-corrected chi connectivity index (χ3v) is 3.41. The number of halogens is 1. The number of hydrogen-bond donors (Lipinski definition) is 1. The first-order chi connectivity index (χ1) is 8.58. The van der Waals surface area contributed by atoms with Gasteiger partial charge in [0.2, 0.25) is 0 Å². The maximum atomic E-state index is 11.0. The van der Waals surface area contributed by atoms with Gasteiger partial charge in [-0.05, 0) is 41.9 Å². The molecule has 0 aliphatic carbocycles. The van der Waals surface area contributed by atoms with E-state index in [2.05, 4.69) is 30.9 Å². The van der Waals surface area contributed by atoms with E-state index in [9.17, 15) is 4.79 Å². The second-order valence-corrected chi connectivity index (χ2v) is 4.44. The van der Waals surface area contributed by atoms with E-state index in [1.165, 1.54) is 4.52 Å². The molecule has 2 aromatic heterocycles. The monoisotopic (exact) mass is 312 g/mol. The molecule has 0 saturated carbocycles. The van der Waals surface area contributed by atoms with E-state index in [4.69, 9.17) is 5.11 Å². The van der Waals surface area contributed by atoms with Crippen LogP contribution in [0.5, 0.6) is 0 Å². The van der Waals surface area contributed by atoms with E-state index in [0.717, 1.165) is 18.9 Å². The molecule has 0 fully saturated rings. The zero-order valence-electron chi connectivity index (χ0n) is 10.1. The Morgan fingerprint density at radius 3 is 2.67 bits per heavy atom. The first-order valence-electron chi connectivity index (χ1n) is 5.62. The molecule has 0 unspecified atom stereocenters. The summed E-state index contributed by atoms with van der Waals surface area (Å²) >= 11 is 3.22. The lowest BCUT2D eigenvalue weighted by Gasteiger charge is -2.19. The molecule has 0 bridgehead atoms. The number of aromatic carboxylic acids is 1. The topological polar surface area (TPSA) is 70.7 Å². The molecular formula is C11H13BrN4O2. The summed E-state index contributed by atoms with van der Waals surface area (Å²) in [6, 6.07) is 3.60. The fraction of sp³-hybridized carbons (Fsp3) is 0.364. The Balaban J connectivity index is 2.57. The molecule has 0 saturated heterocycles. The molecule has 0 spiro atoms. The summed E-state index contributed by atoms with van der Waals surface area (Å²) in [6.45, 7) is 5.77. The highest BCUT2D eigenvalue weighted by molar-refractivity contribution is 9.10. The molecule has 0 aliphatic rings. The Morgan fingerprint density at radius 1 is 1.44 bits per heavy atom. The number of nitrogens with zero attached hydrogens (tertiary/aromatic N) is 4. The van der Waals surface area contributed by atoms with Crippen LogP contribution in [0.1, 0.15) is 24.3 Å². The Hall–Kier alpha value is -1.63. The van der Waals surface area contributed by atoms with Crippen molar-refractivity contribution in [2.24, 2.45) is 0 Å². The van der Waals surface area contributed by atoms with E-state index >= 15 is 0 Å². The minimum atomic E-state index is -1.07. The van der Waals surface area contributed by atoms with Crippen molar-refractivity contribution in [3.63, 3.8) is 0 Å². The standard InChI is InChI=1S/C11H13BrN4O2/c1-3-15(4-2)8-6-5-7-13-9(11(17)18)10(12)16(7)14-8/h5-6H,3-4H2,1-2H3,(H,17,18). The fourth-order valence-corrected chi connectivity index (χ4v) is 2.27. The highest BCUT2D eigenvalue weighted by Gasteiger charge is 2.17. The van der Waals surface area contributed by atoms with Crippen LogP contribution in [0, 0.1) is 0 Å². The van der Waals surface area contributed by atoms with Gasteiger partial charge in [-0.15, -0.1) is 5.10 Å². The smallest absolute Gasteiger partial charge is 0.357 e. The van der Waals surface area contributed by atoms with Crippen molar-refractivity contribution in [3.05, 3.63) is 22.4 Å². The number of carbonyl (C=O) groups is 1. The first kappa shape index (κ1) is 12.8. The van der Waals surface area contributed by atoms with Crippen molar-refractivity contribution < 1.29 is 9.90 Å². The lowest BCUT2D eigenvalue weighted by molar-refractivity contribution is 0.0690. The quantitative estimate of drug-likeness (QED) is 0.935. The molecule has 2 rings (SSSR count). The van der Waals surface area contributed by atoms with Crippen molar-refractivity contribution >= 4 is 33.4 Å². The number of imidazole rings is 1. The van der Waals surface area contributed by atoms with Crippen LogP contribution in [0.25, 0.3) is 5.65 Å². The number of aromatic nitrogens is 3. The van der Waals surface area contributed by atoms with Gasteiger partial charge in [0.1, 0.15) is 10.4 Å². The van der Waals surface area contributed by atoms with Gasteiger partial charge >= 0.3 is 5.97 Å². The Bertz CT molecular complexity index is 592. The third kappa shape index (κ3) is 2.05. The van der Waals surface area contributed by atoms with Crippen LogP contribution in [0.2, 0.25) is 0 Å². The van der Waals surface area contributed by atoms with Crippen molar-refractivity contribution in [2.45, 2.75) is 13.8 Å². The van der Waals surface area contributed by atoms with Crippen LogP contribution < -0.4 is 4.90 Å². The normalized spacial score (nSPS) is 10.8. The summed E-state index contributed by atoms with van der Waals surface area (Å²) < 4.78 is 1.86. The number of hydrogen-bond acceptors (Lipinski definition) is 4. The van der Waals surface area contributed by atoms with Gasteiger partial charge in [-0.1, -0.05) is 0 Å². The van der Waals surface area contributed by atoms with Crippen LogP contribution in [0.4, 0.5) is 5.82 Å². The third-order valence-electron chi connectivity index (χ3n) is 2.70. The minimum Gasteiger partial charge on any atom is -0.476 e. The molecule has 7 heteroatoms. The second kappa shape index (κ2) is 4.93. The maximum absolute atomic E-state index is 11.0. The van der Waals surface area contributed by atoms with Gasteiger partial charge in [0, 0.05) is 13.1 Å². The van der Waals surface area contributed by atoms with Gasteiger partial charge < -0.3 is 10.0 Å². The zero-order chi connectivity index (χ0) is 13.3.